The van der Waals surface area contributed by atoms with Crippen molar-refractivity contribution in [1.82, 2.24) is 19.1 Å². The van der Waals surface area contributed by atoms with Crippen molar-refractivity contribution in [2.75, 3.05) is 0 Å². The second kappa shape index (κ2) is 5.56. The minimum Gasteiger partial charge on any atom is -0.276 e. The zero-order valence-electron chi connectivity index (χ0n) is 11.4. The summed E-state index contributed by atoms with van der Waals surface area (Å²) in [6, 6.07) is 0. The van der Waals surface area contributed by atoms with Gasteiger partial charge in [0.1, 0.15) is 0 Å². The monoisotopic (exact) mass is 274 g/mol. The highest BCUT2D eigenvalue weighted by molar-refractivity contribution is 5.68. The van der Waals surface area contributed by atoms with Gasteiger partial charge in [0.15, 0.2) is 11.2 Å². The summed E-state index contributed by atoms with van der Waals surface area (Å²) in [5, 5.41) is 0. The summed E-state index contributed by atoms with van der Waals surface area (Å²) >= 11 is 0. The normalized spacial score (nSPS) is 16.8. The van der Waals surface area contributed by atoms with Crippen molar-refractivity contribution in [1.29, 1.82) is 0 Å². The maximum Gasteiger partial charge on any atom is 0.332 e. The first-order valence-electron chi connectivity index (χ1n) is 7.23. The molecule has 6 nitrogen and oxygen atoms in total. The van der Waals surface area contributed by atoms with Gasteiger partial charge in [-0.25, -0.2) is 14.8 Å². The van der Waals surface area contributed by atoms with Crippen molar-refractivity contribution in [2.45, 2.75) is 51.6 Å². The van der Waals surface area contributed by atoms with Crippen LogP contribution in [-0.4, -0.2) is 19.1 Å². The molecule has 0 saturated carbocycles. The van der Waals surface area contributed by atoms with Crippen molar-refractivity contribution in [3.8, 4) is 0 Å². The molecule has 3 heterocycles. The number of fused-ring (bicyclic) bond motifs is 4. The molecule has 0 unspecified atom stereocenters. The van der Waals surface area contributed by atoms with Crippen LogP contribution in [-0.2, 0) is 13.1 Å². The average molecular weight is 274 g/mol. The van der Waals surface area contributed by atoms with E-state index >= 15 is 0 Å². The average Bonchev–Trinajstić information content (AvgIpc) is 2.50. The Morgan fingerprint density at radius 3 is 2.15 bits per heavy atom. The Hall–Kier alpha value is -1.98. The van der Waals surface area contributed by atoms with E-state index in [2.05, 4.69) is 9.97 Å². The van der Waals surface area contributed by atoms with E-state index in [1.807, 2.05) is 0 Å². The molecule has 106 valence electrons. The summed E-state index contributed by atoms with van der Waals surface area (Å²) in [6.45, 7) is 1.08. The molecule has 2 aromatic rings. The van der Waals surface area contributed by atoms with Crippen LogP contribution in [0, 0.1) is 0 Å². The summed E-state index contributed by atoms with van der Waals surface area (Å²) in [4.78, 5) is 33.2. The molecule has 1 aliphatic rings. The first-order valence-corrected chi connectivity index (χ1v) is 7.23. The summed E-state index contributed by atoms with van der Waals surface area (Å²) in [5.74, 6) is 0. The van der Waals surface area contributed by atoms with Crippen LogP contribution < -0.4 is 11.2 Å². The van der Waals surface area contributed by atoms with Crippen molar-refractivity contribution in [2.24, 2.45) is 0 Å². The molecule has 20 heavy (non-hydrogen) atoms. The van der Waals surface area contributed by atoms with Crippen molar-refractivity contribution < 1.29 is 0 Å². The van der Waals surface area contributed by atoms with Gasteiger partial charge in [-0.05, 0) is 12.8 Å². The fourth-order valence-corrected chi connectivity index (χ4v) is 2.78. The minimum absolute atomic E-state index is 0.245. The maximum absolute atomic E-state index is 12.5. The van der Waals surface area contributed by atoms with E-state index in [4.69, 9.17) is 0 Å². The summed E-state index contributed by atoms with van der Waals surface area (Å²) in [6.07, 6.45) is 9.34. The molecule has 0 aliphatic carbocycles. The predicted octanol–water partition coefficient (Wildman–Crippen LogP) is 1.31. The van der Waals surface area contributed by atoms with Gasteiger partial charge in [0.2, 0.25) is 0 Å². The molecule has 0 N–H and O–H groups in total. The molecule has 2 aromatic heterocycles. The first kappa shape index (κ1) is 13.0. The lowest BCUT2D eigenvalue weighted by Crippen LogP contribution is -2.40. The van der Waals surface area contributed by atoms with Crippen molar-refractivity contribution in [3.05, 3.63) is 33.2 Å². The van der Waals surface area contributed by atoms with Crippen LogP contribution in [0.4, 0.5) is 0 Å². The fourth-order valence-electron chi connectivity index (χ4n) is 2.78. The number of hydrogen-bond acceptors (Lipinski definition) is 4. The van der Waals surface area contributed by atoms with Gasteiger partial charge in [0, 0.05) is 25.5 Å². The Kier molecular flexibility index (Phi) is 3.62. The van der Waals surface area contributed by atoms with E-state index in [1.54, 1.807) is 4.57 Å². The van der Waals surface area contributed by atoms with Crippen LogP contribution >= 0.6 is 0 Å². The SMILES string of the molecule is O=c1c2nccnc2n2c(=O)n1CCCCCCCC2. The number of nitrogens with zero attached hydrogens (tertiary/aromatic N) is 4. The van der Waals surface area contributed by atoms with Crippen LogP contribution in [0.3, 0.4) is 0 Å². The Morgan fingerprint density at radius 1 is 0.800 bits per heavy atom. The molecule has 0 saturated heterocycles. The van der Waals surface area contributed by atoms with Crippen LogP contribution in [0.1, 0.15) is 38.5 Å². The first-order chi connectivity index (χ1) is 9.79. The fraction of sp³-hybridized carbons (Fsp3) is 0.571. The van der Waals surface area contributed by atoms with Gasteiger partial charge in [-0.15, -0.1) is 0 Å². The highest BCUT2D eigenvalue weighted by Gasteiger charge is 2.15. The lowest BCUT2D eigenvalue weighted by Gasteiger charge is -2.11. The minimum atomic E-state index is -0.311. The Balaban J connectivity index is 2.25. The molecular formula is C14H18N4O2. The van der Waals surface area contributed by atoms with Gasteiger partial charge in [-0.3, -0.25) is 13.9 Å². The predicted molar refractivity (Wildman–Crippen MR) is 75.8 cm³/mol. The molecular weight excluding hydrogens is 256 g/mol. The van der Waals surface area contributed by atoms with E-state index in [0.717, 1.165) is 25.7 Å². The van der Waals surface area contributed by atoms with E-state index in [1.165, 1.54) is 29.8 Å². The largest absolute Gasteiger partial charge is 0.332 e. The lowest BCUT2D eigenvalue weighted by molar-refractivity contribution is 0.537. The van der Waals surface area contributed by atoms with Crippen LogP contribution in [0.25, 0.3) is 11.2 Å². The summed E-state index contributed by atoms with van der Waals surface area (Å²) < 4.78 is 2.93. The molecule has 0 fully saturated rings. The Bertz CT molecular complexity index is 732. The molecule has 6 heteroatoms. The zero-order chi connectivity index (χ0) is 13.9. The molecule has 2 bridgehead atoms. The third-order valence-corrected chi connectivity index (χ3v) is 3.86. The van der Waals surface area contributed by atoms with Gasteiger partial charge in [0.05, 0.1) is 0 Å². The quantitative estimate of drug-likeness (QED) is 0.726. The maximum atomic E-state index is 12.5. The van der Waals surface area contributed by atoms with E-state index in [-0.39, 0.29) is 11.2 Å². The number of hydrogen-bond donors (Lipinski definition) is 0. The summed E-state index contributed by atoms with van der Waals surface area (Å²) in [5.41, 5.74) is 0.155. The third-order valence-electron chi connectivity index (χ3n) is 3.86. The van der Waals surface area contributed by atoms with Gasteiger partial charge in [0.25, 0.3) is 5.56 Å². The van der Waals surface area contributed by atoms with E-state index < -0.39 is 0 Å². The van der Waals surface area contributed by atoms with Gasteiger partial charge >= 0.3 is 5.69 Å². The van der Waals surface area contributed by atoms with Gasteiger partial charge in [-0.1, -0.05) is 25.7 Å². The second-order valence-electron chi connectivity index (χ2n) is 5.24. The van der Waals surface area contributed by atoms with Crippen LogP contribution in [0.5, 0.6) is 0 Å². The smallest absolute Gasteiger partial charge is 0.276 e. The van der Waals surface area contributed by atoms with E-state index in [9.17, 15) is 9.59 Å². The molecule has 0 spiro atoms. The second-order valence-corrected chi connectivity index (χ2v) is 5.24. The van der Waals surface area contributed by atoms with Crippen LogP contribution in [0.2, 0.25) is 0 Å². The van der Waals surface area contributed by atoms with Crippen LogP contribution in [0.15, 0.2) is 22.0 Å². The van der Waals surface area contributed by atoms with E-state index in [0.29, 0.717) is 24.3 Å². The number of aromatic nitrogens is 4. The molecule has 0 aromatic carbocycles. The van der Waals surface area contributed by atoms with Crippen molar-refractivity contribution >= 4 is 11.2 Å². The number of aryl methyl sites for hydroxylation is 1. The lowest BCUT2D eigenvalue weighted by atomic mass is 10.1. The van der Waals surface area contributed by atoms with Gasteiger partial charge in [-0.2, -0.15) is 0 Å². The van der Waals surface area contributed by atoms with Crippen molar-refractivity contribution in [3.63, 3.8) is 0 Å². The molecule has 0 atom stereocenters. The van der Waals surface area contributed by atoms with Gasteiger partial charge < -0.3 is 0 Å². The third kappa shape index (κ3) is 2.26. The Labute approximate surface area is 116 Å². The number of rotatable bonds is 0. The molecule has 3 rings (SSSR count). The highest BCUT2D eigenvalue weighted by Crippen LogP contribution is 2.10. The zero-order valence-corrected chi connectivity index (χ0v) is 11.4. The molecule has 0 amide bonds. The molecule has 0 radical (unpaired) electrons. The standard InChI is InChI=1S/C14H18N4O2/c19-13-11-12(16-8-7-15-11)17-9-5-3-1-2-4-6-10-18(13)14(17)20/h7-8H,1-6,9-10H2. The Morgan fingerprint density at radius 2 is 1.40 bits per heavy atom. The highest BCUT2D eigenvalue weighted by atomic mass is 16.2. The topological polar surface area (TPSA) is 69.8 Å². The summed E-state index contributed by atoms with van der Waals surface area (Å²) in [7, 11) is 0. The molecule has 1 aliphatic heterocycles.